The predicted octanol–water partition coefficient (Wildman–Crippen LogP) is 3.37. The molecule has 0 amide bonds. The van der Waals surface area contributed by atoms with Gasteiger partial charge in [0.15, 0.2) is 5.75 Å². The summed E-state index contributed by atoms with van der Waals surface area (Å²) in [6.45, 7) is 0. The van der Waals surface area contributed by atoms with Gasteiger partial charge in [-0.05, 0) is 25.7 Å². The van der Waals surface area contributed by atoms with E-state index in [9.17, 15) is 22.9 Å². The topological polar surface area (TPSA) is 86.5 Å². The Hall–Kier alpha value is -1.41. The number of rotatable bonds is 4. The van der Waals surface area contributed by atoms with Crippen LogP contribution in [0, 0.1) is 15.9 Å². The van der Waals surface area contributed by atoms with Crippen molar-refractivity contribution in [3.63, 3.8) is 0 Å². The van der Waals surface area contributed by atoms with Crippen LogP contribution in [0.1, 0.15) is 32.1 Å². The third-order valence-corrected chi connectivity index (χ3v) is 4.66. The maximum absolute atomic E-state index is 13.8. The number of halogens is 2. The van der Waals surface area contributed by atoms with Crippen LogP contribution < -0.4 is 4.74 Å². The van der Waals surface area contributed by atoms with Crippen LogP contribution in [0.3, 0.4) is 0 Å². The summed E-state index contributed by atoms with van der Waals surface area (Å²) in [7, 11) is 0.651. The van der Waals surface area contributed by atoms with E-state index in [1.54, 1.807) is 0 Å². The summed E-state index contributed by atoms with van der Waals surface area (Å²) in [5, 5.41) is 11.0. The van der Waals surface area contributed by atoms with Gasteiger partial charge < -0.3 is 4.74 Å². The van der Waals surface area contributed by atoms with E-state index in [4.69, 9.17) is 15.4 Å². The third-order valence-electron chi connectivity index (χ3n) is 3.32. The zero-order valence-corrected chi connectivity index (χ0v) is 12.5. The van der Waals surface area contributed by atoms with E-state index >= 15 is 0 Å². The van der Waals surface area contributed by atoms with Gasteiger partial charge in [-0.1, -0.05) is 6.42 Å². The molecule has 1 aromatic carbocycles. The molecule has 6 nitrogen and oxygen atoms in total. The first-order valence-corrected chi connectivity index (χ1v) is 8.69. The lowest BCUT2D eigenvalue weighted by Crippen LogP contribution is -2.20. The van der Waals surface area contributed by atoms with Gasteiger partial charge in [-0.15, -0.1) is 0 Å². The number of nitro benzene ring substituents is 1. The lowest BCUT2D eigenvalue weighted by molar-refractivity contribution is -0.386. The molecule has 9 heteroatoms. The van der Waals surface area contributed by atoms with E-state index in [-0.39, 0.29) is 11.9 Å². The number of benzene rings is 1. The molecule has 116 valence electrons. The first kappa shape index (κ1) is 16.0. The Labute approximate surface area is 125 Å². The number of hydrogen-bond acceptors (Lipinski definition) is 5. The summed E-state index contributed by atoms with van der Waals surface area (Å²) in [6.07, 6.45) is 4.18. The average Bonchev–Trinajstić information content (AvgIpc) is 2.38. The maximum Gasteiger partial charge on any atom is 0.312 e. The summed E-state index contributed by atoms with van der Waals surface area (Å²) in [4.78, 5) is 9.28. The molecular weight excluding hydrogens is 325 g/mol. The molecule has 0 spiro atoms. The smallest absolute Gasteiger partial charge is 0.312 e. The van der Waals surface area contributed by atoms with Crippen molar-refractivity contribution in [3.8, 4) is 5.75 Å². The van der Waals surface area contributed by atoms with Crippen molar-refractivity contribution in [2.75, 3.05) is 0 Å². The standard InChI is InChI=1S/C12H13ClFNO5S/c13-21(18,19)12-7-10(15(16)17)11(6-9(12)14)20-8-4-2-1-3-5-8/h6-8H,1-5H2. The van der Waals surface area contributed by atoms with Gasteiger partial charge in [0.2, 0.25) is 0 Å². The molecular formula is C12H13ClFNO5S. The van der Waals surface area contributed by atoms with E-state index < -0.39 is 30.4 Å². The fourth-order valence-electron chi connectivity index (χ4n) is 2.31. The first-order valence-electron chi connectivity index (χ1n) is 6.38. The zero-order chi connectivity index (χ0) is 15.6. The summed E-state index contributed by atoms with van der Waals surface area (Å²) < 4.78 is 41.6. The van der Waals surface area contributed by atoms with Crippen molar-refractivity contribution in [1.29, 1.82) is 0 Å². The minimum atomic E-state index is -4.40. The summed E-state index contributed by atoms with van der Waals surface area (Å²) >= 11 is 0. The van der Waals surface area contributed by atoms with E-state index in [1.165, 1.54) is 0 Å². The summed E-state index contributed by atoms with van der Waals surface area (Å²) in [5.41, 5.74) is -0.610. The Morgan fingerprint density at radius 2 is 1.90 bits per heavy atom. The van der Waals surface area contributed by atoms with Crippen LogP contribution in [-0.4, -0.2) is 19.4 Å². The van der Waals surface area contributed by atoms with Gasteiger partial charge in [-0.3, -0.25) is 10.1 Å². The predicted molar refractivity (Wildman–Crippen MR) is 73.6 cm³/mol. The minimum absolute atomic E-state index is 0.227. The molecule has 0 bridgehead atoms. The maximum atomic E-state index is 13.8. The van der Waals surface area contributed by atoms with Crippen molar-refractivity contribution < 1.29 is 22.5 Å². The Morgan fingerprint density at radius 3 is 2.43 bits per heavy atom. The van der Waals surface area contributed by atoms with Crippen LogP contribution in [0.5, 0.6) is 5.75 Å². The molecule has 1 aliphatic rings. The first-order chi connectivity index (χ1) is 9.79. The fourth-order valence-corrected chi connectivity index (χ4v) is 3.21. The van der Waals surface area contributed by atoms with Gasteiger partial charge in [-0.25, -0.2) is 12.8 Å². The van der Waals surface area contributed by atoms with Crippen molar-refractivity contribution >= 4 is 25.4 Å². The molecule has 0 heterocycles. The molecule has 2 rings (SSSR count). The monoisotopic (exact) mass is 337 g/mol. The second-order valence-corrected chi connectivity index (χ2v) is 7.36. The highest BCUT2D eigenvalue weighted by atomic mass is 35.7. The van der Waals surface area contributed by atoms with Gasteiger partial charge in [0.25, 0.3) is 9.05 Å². The lowest BCUT2D eigenvalue weighted by atomic mass is 9.98. The van der Waals surface area contributed by atoms with Crippen LogP contribution in [0.2, 0.25) is 0 Å². The molecule has 0 aliphatic heterocycles. The van der Waals surface area contributed by atoms with Crippen LogP contribution in [0.4, 0.5) is 10.1 Å². The van der Waals surface area contributed by atoms with Crippen molar-refractivity contribution in [2.45, 2.75) is 43.1 Å². The van der Waals surface area contributed by atoms with E-state index in [0.29, 0.717) is 12.1 Å². The van der Waals surface area contributed by atoms with Gasteiger partial charge >= 0.3 is 5.69 Å². The molecule has 0 aromatic heterocycles. The third kappa shape index (κ3) is 3.82. The highest BCUT2D eigenvalue weighted by molar-refractivity contribution is 8.13. The average molecular weight is 338 g/mol. The SMILES string of the molecule is O=[N+]([O-])c1cc(S(=O)(=O)Cl)c(F)cc1OC1CCCCC1. The van der Waals surface area contributed by atoms with Crippen LogP contribution in [0.15, 0.2) is 17.0 Å². The number of hydrogen-bond donors (Lipinski definition) is 0. The summed E-state index contributed by atoms with van der Waals surface area (Å²) in [6, 6.07) is 1.30. The van der Waals surface area contributed by atoms with Gasteiger partial charge in [-0.2, -0.15) is 0 Å². The van der Waals surface area contributed by atoms with Gasteiger partial charge in [0, 0.05) is 22.8 Å². The molecule has 0 unspecified atom stereocenters. The fraction of sp³-hybridized carbons (Fsp3) is 0.500. The molecule has 21 heavy (non-hydrogen) atoms. The van der Waals surface area contributed by atoms with Crippen LogP contribution >= 0.6 is 10.7 Å². The second-order valence-electron chi connectivity index (χ2n) is 4.82. The Morgan fingerprint density at radius 1 is 1.29 bits per heavy atom. The normalized spacial score (nSPS) is 16.7. The molecule has 1 aliphatic carbocycles. The van der Waals surface area contributed by atoms with E-state index in [2.05, 4.69) is 0 Å². The molecule has 1 saturated carbocycles. The lowest BCUT2D eigenvalue weighted by Gasteiger charge is -2.22. The number of nitrogens with zero attached hydrogens (tertiary/aromatic N) is 1. The van der Waals surface area contributed by atoms with E-state index in [1.807, 2.05) is 0 Å². The highest BCUT2D eigenvalue weighted by Crippen LogP contribution is 2.35. The highest BCUT2D eigenvalue weighted by Gasteiger charge is 2.27. The Bertz CT molecular complexity index is 658. The second kappa shape index (κ2) is 6.15. The Balaban J connectivity index is 2.40. The van der Waals surface area contributed by atoms with Gasteiger partial charge in [0.1, 0.15) is 10.7 Å². The number of nitro groups is 1. The molecule has 0 atom stereocenters. The molecule has 1 aromatic rings. The minimum Gasteiger partial charge on any atom is -0.483 e. The molecule has 1 fully saturated rings. The quantitative estimate of drug-likeness (QED) is 0.477. The largest absolute Gasteiger partial charge is 0.483 e. The molecule has 0 N–H and O–H groups in total. The van der Waals surface area contributed by atoms with Gasteiger partial charge in [0.05, 0.1) is 11.0 Å². The zero-order valence-electron chi connectivity index (χ0n) is 10.9. The van der Waals surface area contributed by atoms with Crippen molar-refractivity contribution in [2.24, 2.45) is 0 Å². The van der Waals surface area contributed by atoms with Crippen molar-refractivity contribution in [1.82, 2.24) is 0 Å². The summed E-state index contributed by atoms with van der Waals surface area (Å²) in [5.74, 6) is -1.44. The molecule has 0 saturated heterocycles. The Kier molecular flexibility index (Phi) is 4.67. The van der Waals surface area contributed by atoms with Crippen LogP contribution in [-0.2, 0) is 9.05 Å². The van der Waals surface area contributed by atoms with Crippen molar-refractivity contribution in [3.05, 3.63) is 28.1 Å². The molecule has 0 radical (unpaired) electrons. The number of ether oxygens (including phenoxy) is 1. The van der Waals surface area contributed by atoms with E-state index in [0.717, 1.165) is 32.1 Å². The van der Waals surface area contributed by atoms with Crippen LogP contribution in [0.25, 0.3) is 0 Å².